The van der Waals surface area contributed by atoms with Gasteiger partial charge in [-0.2, -0.15) is 13.2 Å². The average Bonchev–Trinajstić information content (AvgIpc) is 2.67. The number of aliphatic carboxylic acids is 1. The molecule has 0 saturated carbocycles. The highest BCUT2D eigenvalue weighted by Crippen LogP contribution is 2.29. The van der Waals surface area contributed by atoms with Crippen molar-refractivity contribution in [1.82, 2.24) is 5.32 Å². The lowest BCUT2D eigenvalue weighted by Crippen LogP contribution is -2.39. The molecule has 3 aromatic rings. The molecule has 0 aliphatic heterocycles. The quantitative estimate of drug-likeness (QED) is 0.593. The zero-order chi connectivity index (χ0) is 21.7. The molecule has 3 rings (SSSR count). The largest absolute Gasteiger partial charge is 0.481 e. The fraction of sp³-hybridized carbons (Fsp3) is 0.217. The smallest absolute Gasteiger partial charge is 0.416 e. The molecule has 0 spiro atoms. The van der Waals surface area contributed by atoms with Crippen LogP contribution in [0.2, 0.25) is 0 Å². The Morgan fingerprint density at radius 2 is 1.63 bits per heavy atom. The van der Waals surface area contributed by atoms with E-state index in [4.69, 9.17) is 5.11 Å². The highest BCUT2D eigenvalue weighted by Gasteiger charge is 2.30. The average molecular weight is 415 g/mol. The van der Waals surface area contributed by atoms with Crippen LogP contribution >= 0.6 is 0 Å². The Kier molecular flexibility index (Phi) is 6.40. The lowest BCUT2D eigenvalue weighted by atomic mass is 10.0. The molecule has 0 aliphatic carbocycles. The molecule has 0 saturated heterocycles. The third kappa shape index (κ3) is 5.83. The number of hydrogen-bond donors (Lipinski definition) is 2. The molecule has 2 N–H and O–H groups in total. The van der Waals surface area contributed by atoms with Crippen LogP contribution < -0.4 is 5.32 Å². The molecule has 1 amide bonds. The van der Waals surface area contributed by atoms with Crippen molar-refractivity contribution in [1.29, 1.82) is 0 Å². The summed E-state index contributed by atoms with van der Waals surface area (Å²) in [5.74, 6) is -1.53. The molecule has 4 nitrogen and oxygen atoms in total. The highest BCUT2D eigenvalue weighted by atomic mass is 19.4. The molecule has 156 valence electrons. The molecular formula is C23H20F3NO3. The number of carboxylic acids is 1. The molecule has 0 fully saturated rings. The normalized spacial score (nSPS) is 12.5. The van der Waals surface area contributed by atoms with Crippen molar-refractivity contribution in [2.75, 3.05) is 0 Å². The first kappa shape index (κ1) is 21.4. The van der Waals surface area contributed by atoms with Crippen LogP contribution in [0, 0.1) is 0 Å². The van der Waals surface area contributed by atoms with Crippen molar-refractivity contribution >= 4 is 22.6 Å². The monoisotopic (exact) mass is 415 g/mol. The van der Waals surface area contributed by atoms with Crippen LogP contribution in [0.4, 0.5) is 13.2 Å². The Morgan fingerprint density at radius 1 is 0.900 bits per heavy atom. The number of fused-ring (bicyclic) bond motifs is 1. The van der Waals surface area contributed by atoms with Gasteiger partial charge in [-0.25, -0.2) is 0 Å². The van der Waals surface area contributed by atoms with Gasteiger partial charge in [-0.05, 0) is 34.4 Å². The molecule has 7 heteroatoms. The maximum atomic E-state index is 12.9. The SMILES string of the molecule is O=C(O)CC(Cc1cccc(C(F)(F)F)c1)NC(=O)Cc1ccc2ccccc2c1. The van der Waals surface area contributed by atoms with Crippen molar-refractivity contribution in [2.24, 2.45) is 0 Å². The summed E-state index contributed by atoms with van der Waals surface area (Å²) in [6, 6.07) is 17.2. The van der Waals surface area contributed by atoms with E-state index >= 15 is 0 Å². The van der Waals surface area contributed by atoms with Crippen LogP contribution in [0.15, 0.2) is 66.7 Å². The standard InChI is InChI=1S/C23H20F3NO3/c24-23(25,26)19-7-3-4-15(11-19)12-20(14-22(29)30)27-21(28)13-16-8-9-17-5-1-2-6-18(17)10-16/h1-11,20H,12-14H2,(H,27,28)(H,29,30). The van der Waals surface area contributed by atoms with Crippen molar-refractivity contribution in [3.05, 3.63) is 83.4 Å². The second kappa shape index (κ2) is 8.98. The first-order valence-corrected chi connectivity index (χ1v) is 9.35. The minimum absolute atomic E-state index is 0.0142. The summed E-state index contributed by atoms with van der Waals surface area (Å²) in [5, 5.41) is 13.8. The predicted molar refractivity (Wildman–Crippen MR) is 107 cm³/mol. The molecule has 1 unspecified atom stereocenters. The summed E-state index contributed by atoms with van der Waals surface area (Å²) in [6.07, 6.45) is -4.85. The lowest BCUT2D eigenvalue weighted by Gasteiger charge is -2.18. The zero-order valence-corrected chi connectivity index (χ0v) is 15.9. The first-order chi connectivity index (χ1) is 14.2. The Bertz CT molecular complexity index is 1060. The van der Waals surface area contributed by atoms with Gasteiger partial charge in [0.1, 0.15) is 0 Å². The predicted octanol–water partition coefficient (Wildman–Crippen LogP) is 4.60. The van der Waals surface area contributed by atoms with E-state index < -0.39 is 23.8 Å². The van der Waals surface area contributed by atoms with E-state index in [2.05, 4.69) is 5.32 Å². The number of carbonyl (C=O) groups excluding carboxylic acids is 1. The lowest BCUT2D eigenvalue weighted by molar-refractivity contribution is -0.139. The maximum Gasteiger partial charge on any atom is 0.416 e. The van der Waals surface area contributed by atoms with E-state index in [0.717, 1.165) is 28.5 Å². The molecule has 0 heterocycles. The molecule has 30 heavy (non-hydrogen) atoms. The number of benzene rings is 3. The molecule has 0 aliphatic rings. The fourth-order valence-corrected chi connectivity index (χ4v) is 3.36. The van der Waals surface area contributed by atoms with E-state index in [-0.39, 0.29) is 25.2 Å². The Hall–Kier alpha value is -3.35. The minimum atomic E-state index is -4.49. The molecule has 0 bridgehead atoms. The van der Waals surface area contributed by atoms with E-state index in [0.29, 0.717) is 5.56 Å². The summed E-state index contributed by atoms with van der Waals surface area (Å²) in [7, 11) is 0. The Morgan fingerprint density at radius 3 is 2.33 bits per heavy atom. The topological polar surface area (TPSA) is 66.4 Å². The van der Waals surface area contributed by atoms with Crippen molar-refractivity contribution in [3.63, 3.8) is 0 Å². The van der Waals surface area contributed by atoms with Gasteiger partial charge in [0.25, 0.3) is 0 Å². The summed E-state index contributed by atoms with van der Waals surface area (Å²) < 4.78 is 38.7. The van der Waals surface area contributed by atoms with Gasteiger partial charge in [-0.3, -0.25) is 9.59 Å². The molecule has 3 aromatic carbocycles. The second-order valence-corrected chi connectivity index (χ2v) is 7.12. The Balaban J connectivity index is 1.70. The van der Waals surface area contributed by atoms with Crippen LogP contribution in [0.3, 0.4) is 0 Å². The molecule has 0 aromatic heterocycles. The van der Waals surface area contributed by atoms with Crippen LogP contribution in [-0.4, -0.2) is 23.0 Å². The number of hydrogen-bond acceptors (Lipinski definition) is 2. The zero-order valence-electron chi connectivity index (χ0n) is 15.9. The van der Waals surface area contributed by atoms with Gasteiger partial charge >= 0.3 is 12.1 Å². The summed E-state index contributed by atoms with van der Waals surface area (Å²) in [5.41, 5.74) is 0.262. The number of nitrogens with one attached hydrogen (secondary N) is 1. The van der Waals surface area contributed by atoms with Crippen LogP contribution in [0.25, 0.3) is 10.8 Å². The number of carboxylic acid groups (broad SMARTS) is 1. The van der Waals surface area contributed by atoms with E-state index in [1.807, 2.05) is 42.5 Å². The number of alkyl halides is 3. The third-order valence-electron chi connectivity index (χ3n) is 4.70. The third-order valence-corrected chi connectivity index (χ3v) is 4.70. The van der Waals surface area contributed by atoms with Gasteiger partial charge in [0.15, 0.2) is 0 Å². The highest BCUT2D eigenvalue weighted by molar-refractivity contribution is 5.85. The first-order valence-electron chi connectivity index (χ1n) is 9.35. The number of rotatable bonds is 7. The minimum Gasteiger partial charge on any atom is -0.481 e. The van der Waals surface area contributed by atoms with Gasteiger partial charge in [-0.1, -0.05) is 60.7 Å². The van der Waals surface area contributed by atoms with Gasteiger partial charge in [0.2, 0.25) is 5.91 Å². The van der Waals surface area contributed by atoms with Crippen LogP contribution in [0.1, 0.15) is 23.1 Å². The van der Waals surface area contributed by atoms with Crippen molar-refractivity contribution < 1.29 is 27.9 Å². The van der Waals surface area contributed by atoms with E-state index in [9.17, 15) is 22.8 Å². The summed E-state index contributed by atoms with van der Waals surface area (Å²) in [6.45, 7) is 0. The van der Waals surface area contributed by atoms with Crippen LogP contribution in [0.5, 0.6) is 0 Å². The van der Waals surface area contributed by atoms with E-state index in [1.54, 1.807) is 0 Å². The summed E-state index contributed by atoms with van der Waals surface area (Å²) >= 11 is 0. The summed E-state index contributed by atoms with van der Waals surface area (Å²) in [4.78, 5) is 23.7. The second-order valence-electron chi connectivity index (χ2n) is 7.12. The van der Waals surface area contributed by atoms with Crippen molar-refractivity contribution in [3.8, 4) is 0 Å². The number of carbonyl (C=O) groups is 2. The molecule has 1 atom stereocenters. The van der Waals surface area contributed by atoms with Gasteiger partial charge in [0, 0.05) is 6.04 Å². The van der Waals surface area contributed by atoms with Gasteiger partial charge in [-0.15, -0.1) is 0 Å². The number of halogens is 3. The number of amides is 1. The van der Waals surface area contributed by atoms with Crippen LogP contribution in [-0.2, 0) is 28.6 Å². The Labute approximate surface area is 171 Å². The molecular weight excluding hydrogens is 395 g/mol. The fourth-order valence-electron chi connectivity index (χ4n) is 3.36. The van der Waals surface area contributed by atoms with Gasteiger partial charge < -0.3 is 10.4 Å². The van der Waals surface area contributed by atoms with Crippen molar-refractivity contribution in [2.45, 2.75) is 31.5 Å². The van der Waals surface area contributed by atoms with E-state index in [1.165, 1.54) is 12.1 Å². The van der Waals surface area contributed by atoms with Gasteiger partial charge in [0.05, 0.1) is 18.4 Å². The maximum absolute atomic E-state index is 12.9. The molecule has 0 radical (unpaired) electrons.